The quantitative estimate of drug-likeness (QED) is 0.714. The van der Waals surface area contributed by atoms with Crippen molar-refractivity contribution in [3.63, 3.8) is 0 Å². The van der Waals surface area contributed by atoms with E-state index in [1.807, 2.05) is 20.9 Å². The average molecular weight is 280 g/mol. The molecular weight excluding hydrogens is 252 g/mol. The molecule has 0 spiro atoms. The Bertz CT molecular complexity index is 419. The van der Waals surface area contributed by atoms with E-state index in [0.29, 0.717) is 6.61 Å². The van der Waals surface area contributed by atoms with Gasteiger partial charge in [-0.2, -0.15) is 0 Å². The zero-order chi connectivity index (χ0) is 15.2. The second kappa shape index (κ2) is 7.62. The second-order valence-electron chi connectivity index (χ2n) is 5.83. The van der Waals surface area contributed by atoms with Crippen molar-refractivity contribution in [1.82, 2.24) is 5.32 Å². The van der Waals surface area contributed by atoms with Gasteiger partial charge in [-0.1, -0.05) is 17.7 Å². The highest BCUT2D eigenvalue weighted by molar-refractivity contribution is 5.56. The molecule has 0 bridgehead atoms. The van der Waals surface area contributed by atoms with Crippen molar-refractivity contribution >= 4 is 5.69 Å². The van der Waals surface area contributed by atoms with Crippen molar-refractivity contribution in [1.29, 1.82) is 0 Å². The zero-order valence-corrected chi connectivity index (χ0v) is 13.4. The number of ether oxygens (including phenoxy) is 1. The topological polar surface area (TPSA) is 44.7 Å². The van der Waals surface area contributed by atoms with Gasteiger partial charge < -0.3 is 20.1 Å². The molecule has 0 aromatic heterocycles. The van der Waals surface area contributed by atoms with Gasteiger partial charge in [-0.3, -0.25) is 0 Å². The van der Waals surface area contributed by atoms with E-state index in [2.05, 4.69) is 35.3 Å². The van der Waals surface area contributed by atoms with Crippen molar-refractivity contribution in [2.24, 2.45) is 0 Å². The molecule has 0 aliphatic rings. The maximum absolute atomic E-state index is 9.54. The summed E-state index contributed by atoms with van der Waals surface area (Å²) in [6.07, 6.45) is 0. The van der Waals surface area contributed by atoms with Crippen LogP contribution < -0.4 is 10.2 Å². The van der Waals surface area contributed by atoms with E-state index < -0.39 is 0 Å². The SMILES string of the molecule is COCCNCc1cc(C)ccc1N(C)C(C)(C)CO. The van der Waals surface area contributed by atoms with E-state index >= 15 is 0 Å². The number of hydrogen-bond donors (Lipinski definition) is 2. The number of hydrogen-bond acceptors (Lipinski definition) is 4. The summed E-state index contributed by atoms with van der Waals surface area (Å²) in [5.41, 5.74) is 3.36. The molecule has 0 radical (unpaired) electrons. The van der Waals surface area contributed by atoms with Crippen LogP contribution in [-0.4, -0.2) is 44.6 Å². The molecule has 0 aliphatic heterocycles. The van der Waals surface area contributed by atoms with Crippen LogP contribution in [0.5, 0.6) is 0 Å². The van der Waals surface area contributed by atoms with Crippen LogP contribution in [-0.2, 0) is 11.3 Å². The summed E-state index contributed by atoms with van der Waals surface area (Å²) in [6.45, 7) is 8.62. The Morgan fingerprint density at radius 2 is 2.05 bits per heavy atom. The molecule has 0 amide bonds. The Balaban J connectivity index is 2.89. The summed E-state index contributed by atoms with van der Waals surface area (Å²) in [5, 5.41) is 12.9. The smallest absolute Gasteiger partial charge is 0.0658 e. The van der Waals surface area contributed by atoms with Gasteiger partial charge in [-0.05, 0) is 32.4 Å². The van der Waals surface area contributed by atoms with Crippen LogP contribution in [0.25, 0.3) is 0 Å². The molecular formula is C16H28N2O2. The second-order valence-corrected chi connectivity index (χ2v) is 5.83. The molecule has 0 fully saturated rings. The molecule has 1 rings (SSSR count). The number of aliphatic hydroxyl groups excluding tert-OH is 1. The third-order valence-corrected chi connectivity index (χ3v) is 3.69. The van der Waals surface area contributed by atoms with Crippen LogP contribution in [0.3, 0.4) is 0 Å². The minimum Gasteiger partial charge on any atom is -0.394 e. The largest absolute Gasteiger partial charge is 0.394 e. The Morgan fingerprint density at radius 3 is 2.65 bits per heavy atom. The molecule has 4 heteroatoms. The number of nitrogens with one attached hydrogen (secondary N) is 1. The van der Waals surface area contributed by atoms with Crippen LogP contribution in [0.2, 0.25) is 0 Å². The fraction of sp³-hybridized carbons (Fsp3) is 0.625. The van der Waals surface area contributed by atoms with Gasteiger partial charge in [0, 0.05) is 32.9 Å². The predicted molar refractivity (Wildman–Crippen MR) is 84.3 cm³/mol. The van der Waals surface area contributed by atoms with E-state index in [1.165, 1.54) is 11.1 Å². The lowest BCUT2D eigenvalue weighted by molar-refractivity contribution is 0.199. The molecule has 2 N–H and O–H groups in total. The fourth-order valence-electron chi connectivity index (χ4n) is 2.01. The molecule has 114 valence electrons. The van der Waals surface area contributed by atoms with Crippen molar-refractivity contribution < 1.29 is 9.84 Å². The van der Waals surface area contributed by atoms with Crippen LogP contribution in [0.1, 0.15) is 25.0 Å². The van der Waals surface area contributed by atoms with Crippen molar-refractivity contribution in [3.8, 4) is 0 Å². The van der Waals surface area contributed by atoms with Gasteiger partial charge in [0.25, 0.3) is 0 Å². The third-order valence-electron chi connectivity index (χ3n) is 3.69. The molecule has 0 aliphatic carbocycles. The first-order valence-electron chi connectivity index (χ1n) is 7.06. The van der Waals surface area contributed by atoms with Gasteiger partial charge in [0.05, 0.1) is 18.8 Å². The number of anilines is 1. The van der Waals surface area contributed by atoms with Crippen molar-refractivity contribution in [2.45, 2.75) is 32.9 Å². The molecule has 0 saturated heterocycles. The number of methoxy groups -OCH3 is 1. The maximum Gasteiger partial charge on any atom is 0.0658 e. The minimum atomic E-state index is -0.281. The maximum atomic E-state index is 9.54. The average Bonchev–Trinajstić information content (AvgIpc) is 2.43. The molecule has 0 heterocycles. The molecule has 4 nitrogen and oxygen atoms in total. The summed E-state index contributed by atoms with van der Waals surface area (Å²) in [6, 6.07) is 6.43. The van der Waals surface area contributed by atoms with Gasteiger partial charge in [-0.15, -0.1) is 0 Å². The summed E-state index contributed by atoms with van der Waals surface area (Å²) in [7, 11) is 3.73. The number of nitrogens with zero attached hydrogens (tertiary/aromatic N) is 1. The van der Waals surface area contributed by atoms with E-state index in [1.54, 1.807) is 7.11 Å². The van der Waals surface area contributed by atoms with Crippen LogP contribution in [0.4, 0.5) is 5.69 Å². The first kappa shape index (κ1) is 17.0. The van der Waals surface area contributed by atoms with Crippen LogP contribution in [0, 0.1) is 6.92 Å². The number of aryl methyl sites for hydroxylation is 1. The normalized spacial score (nSPS) is 11.7. The van der Waals surface area contributed by atoms with Gasteiger partial charge in [0.1, 0.15) is 0 Å². The molecule has 20 heavy (non-hydrogen) atoms. The van der Waals surface area contributed by atoms with Crippen molar-refractivity contribution in [2.75, 3.05) is 38.8 Å². The van der Waals surface area contributed by atoms with Crippen LogP contribution >= 0.6 is 0 Å². The summed E-state index contributed by atoms with van der Waals surface area (Å²) < 4.78 is 5.05. The van der Waals surface area contributed by atoms with Crippen molar-refractivity contribution in [3.05, 3.63) is 29.3 Å². The van der Waals surface area contributed by atoms with E-state index in [9.17, 15) is 5.11 Å². The molecule has 1 aromatic carbocycles. The zero-order valence-electron chi connectivity index (χ0n) is 13.4. The highest BCUT2D eigenvalue weighted by atomic mass is 16.5. The summed E-state index contributed by atoms with van der Waals surface area (Å²) in [4.78, 5) is 2.14. The van der Waals surface area contributed by atoms with Gasteiger partial charge in [-0.25, -0.2) is 0 Å². The summed E-state index contributed by atoms with van der Waals surface area (Å²) in [5.74, 6) is 0. The molecule has 0 unspecified atom stereocenters. The predicted octanol–water partition coefficient (Wildman–Crippen LogP) is 1.94. The Kier molecular flexibility index (Phi) is 6.46. The fourth-order valence-corrected chi connectivity index (χ4v) is 2.01. The van der Waals surface area contributed by atoms with E-state index in [-0.39, 0.29) is 12.1 Å². The van der Waals surface area contributed by atoms with Gasteiger partial charge in [0.2, 0.25) is 0 Å². The molecule has 0 atom stereocenters. The standard InChI is InChI=1S/C16H28N2O2/c1-13-6-7-15(18(4)16(2,3)12-19)14(10-13)11-17-8-9-20-5/h6-7,10,17,19H,8-9,11-12H2,1-5H3. The minimum absolute atomic E-state index is 0.119. The van der Waals surface area contributed by atoms with Gasteiger partial charge >= 0.3 is 0 Å². The number of rotatable bonds is 8. The molecule has 1 aromatic rings. The Morgan fingerprint density at radius 1 is 1.35 bits per heavy atom. The first-order chi connectivity index (χ1) is 9.42. The highest BCUT2D eigenvalue weighted by Gasteiger charge is 2.24. The number of likely N-dealkylation sites (N-methyl/N-ethyl adjacent to an activating group) is 1. The number of benzene rings is 1. The lowest BCUT2D eigenvalue weighted by Gasteiger charge is -2.37. The first-order valence-corrected chi connectivity index (χ1v) is 7.06. The summed E-state index contributed by atoms with van der Waals surface area (Å²) >= 11 is 0. The number of aliphatic hydroxyl groups is 1. The highest BCUT2D eigenvalue weighted by Crippen LogP contribution is 2.26. The Hall–Kier alpha value is -1.10. The lowest BCUT2D eigenvalue weighted by Crippen LogP contribution is -2.45. The van der Waals surface area contributed by atoms with Gasteiger partial charge in [0.15, 0.2) is 0 Å². The lowest BCUT2D eigenvalue weighted by atomic mass is 10.0. The van der Waals surface area contributed by atoms with Crippen LogP contribution in [0.15, 0.2) is 18.2 Å². The Labute approximate surface area is 122 Å². The third kappa shape index (κ3) is 4.47. The monoisotopic (exact) mass is 280 g/mol. The van der Waals surface area contributed by atoms with E-state index in [4.69, 9.17) is 4.74 Å². The van der Waals surface area contributed by atoms with E-state index in [0.717, 1.165) is 18.8 Å². The molecule has 0 saturated carbocycles.